The van der Waals surface area contributed by atoms with E-state index < -0.39 is 0 Å². The van der Waals surface area contributed by atoms with E-state index in [4.69, 9.17) is 0 Å². The fourth-order valence-corrected chi connectivity index (χ4v) is 3.73. The van der Waals surface area contributed by atoms with Crippen molar-refractivity contribution in [3.8, 4) is 0 Å². The molecular formula is C21H24N2. The van der Waals surface area contributed by atoms with Crippen molar-refractivity contribution in [2.75, 3.05) is 13.1 Å². The van der Waals surface area contributed by atoms with Crippen molar-refractivity contribution >= 4 is 12.2 Å². The Bertz CT molecular complexity index is 805. The summed E-state index contributed by atoms with van der Waals surface area (Å²) in [5.74, 6) is 0.633. The predicted molar refractivity (Wildman–Crippen MR) is 95.5 cm³/mol. The number of pyridine rings is 1. The third-order valence-corrected chi connectivity index (χ3v) is 5.11. The average molecular weight is 304 g/mol. The van der Waals surface area contributed by atoms with Crippen LogP contribution in [0.4, 0.5) is 0 Å². The van der Waals surface area contributed by atoms with Gasteiger partial charge in [-0.2, -0.15) is 0 Å². The molecule has 1 saturated heterocycles. The van der Waals surface area contributed by atoms with Gasteiger partial charge in [-0.15, -0.1) is 0 Å². The van der Waals surface area contributed by atoms with Gasteiger partial charge in [0.2, 0.25) is 0 Å². The van der Waals surface area contributed by atoms with Crippen LogP contribution >= 0.6 is 0 Å². The first-order chi connectivity index (χ1) is 11.3. The van der Waals surface area contributed by atoms with Crippen LogP contribution in [0.15, 0.2) is 36.5 Å². The van der Waals surface area contributed by atoms with E-state index in [1.54, 1.807) is 0 Å². The monoisotopic (exact) mass is 304 g/mol. The van der Waals surface area contributed by atoms with Gasteiger partial charge < -0.3 is 0 Å². The highest BCUT2D eigenvalue weighted by atomic mass is 15.1. The van der Waals surface area contributed by atoms with Gasteiger partial charge in [-0.1, -0.05) is 42.0 Å². The fraction of sp³-hybridized carbons (Fsp3) is 0.381. The molecule has 2 aliphatic rings. The molecule has 0 bridgehead atoms. The molecule has 0 saturated carbocycles. The van der Waals surface area contributed by atoms with Gasteiger partial charge in [0, 0.05) is 19.3 Å². The van der Waals surface area contributed by atoms with E-state index in [9.17, 15) is 0 Å². The lowest BCUT2D eigenvalue weighted by Crippen LogP contribution is -2.30. The SMILES string of the molecule is Cc1ccc(CN2CCC(c3cnc4c(c3)=CCCC=4)C2)cc1. The first-order valence-corrected chi connectivity index (χ1v) is 8.72. The van der Waals surface area contributed by atoms with E-state index in [0.29, 0.717) is 5.92 Å². The molecule has 0 spiro atoms. The van der Waals surface area contributed by atoms with Crippen LogP contribution in [0.2, 0.25) is 0 Å². The number of benzene rings is 1. The Balaban J connectivity index is 1.47. The van der Waals surface area contributed by atoms with Gasteiger partial charge >= 0.3 is 0 Å². The van der Waals surface area contributed by atoms with Crippen LogP contribution in [0.25, 0.3) is 12.2 Å². The number of nitrogens with zero attached hydrogens (tertiary/aromatic N) is 2. The van der Waals surface area contributed by atoms with E-state index in [0.717, 1.165) is 25.9 Å². The maximum atomic E-state index is 4.68. The Morgan fingerprint density at radius 2 is 1.96 bits per heavy atom. The first kappa shape index (κ1) is 14.6. The Morgan fingerprint density at radius 3 is 2.83 bits per heavy atom. The van der Waals surface area contributed by atoms with E-state index >= 15 is 0 Å². The molecular weight excluding hydrogens is 280 g/mol. The number of aromatic nitrogens is 1. The molecule has 118 valence electrons. The molecule has 1 unspecified atom stereocenters. The Morgan fingerprint density at radius 1 is 1.13 bits per heavy atom. The molecule has 2 heterocycles. The first-order valence-electron chi connectivity index (χ1n) is 8.72. The van der Waals surface area contributed by atoms with Crippen LogP contribution in [-0.4, -0.2) is 23.0 Å². The van der Waals surface area contributed by atoms with Gasteiger partial charge in [-0.3, -0.25) is 9.88 Å². The number of fused-ring (bicyclic) bond motifs is 1. The van der Waals surface area contributed by atoms with Crippen LogP contribution in [0.1, 0.15) is 41.9 Å². The van der Waals surface area contributed by atoms with Crippen molar-refractivity contribution in [3.63, 3.8) is 0 Å². The quantitative estimate of drug-likeness (QED) is 0.867. The van der Waals surface area contributed by atoms with Gasteiger partial charge in [0.1, 0.15) is 0 Å². The maximum Gasteiger partial charge on any atom is 0.0659 e. The third kappa shape index (κ3) is 3.23. The second kappa shape index (κ2) is 6.29. The van der Waals surface area contributed by atoms with Gasteiger partial charge in [0.05, 0.1) is 5.35 Å². The molecule has 1 aliphatic carbocycles. The largest absolute Gasteiger partial charge is 0.298 e. The second-order valence-electron chi connectivity index (χ2n) is 6.94. The molecule has 1 aromatic carbocycles. The fourth-order valence-electron chi connectivity index (χ4n) is 3.73. The molecule has 23 heavy (non-hydrogen) atoms. The van der Waals surface area contributed by atoms with E-state index in [1.165, 1.54) is 40.2 Å². The van der Waals surface area contributed by atoms with Crippen molar-refractivity contribution in [1.82, 2.24) is 9.88 Å². The van der Waals surface area contributed by atoms with Crippen LogP contribution < -0.4 is 10.6 Å². The number of likely N-dealkylation sites (tertiary alicyclic amines) is 1. The lowest BCUT2D eigenvalue weighted by molar-refractivity contribution is 0.327. The topological polar surface area (TPSA) is 16.1 Å². The van der Waals surface area contributed by atoms with Gasteiger partial charge in [0.25, 0.3) is 0 Å². The Labute approximate surface area is 138 Å². The Kier molecular flexibility index (Phi) is 4.00. The number of hydrogen-bond acceptors (Lipinski definition) is 2. The number of rotatable bonds is 3. The van der Waals surface area contributed by atoms with Crippen molar-refractivity contribution < 1.29 is 0 Å². The molecule has 0 N–H and O–H groups in total. The summed E-state index contributed by atoms with van der Waals surface area (Å²) in [7, 11) is 0. The smallest absolute Gasteiger partial charge is 0.0659 e. The average Bonchev–Trinajstić information content (AvgIpc) is 3.05. The van der Waals surface area contributed by atoms with E-state index in [1.807, 2.05) is 0 Å². The van der Waals surface area contributed by atoms with Crippen LogP contribution in [-0.2, 0) is 6.54 Å². The highest BCUT2D eigenvalue weighted by Gasteiger charge is 2.24. The summed E-state index contributed by atoms with van der Waals surface area (Å²) >= 11 is 0. The molecule has 1 aromatic heterocycles. The summed E-state index contributed by atoms with van der Waals surface area (Å²) < 4.78 is 0. The van der Waals surface area contributed by atoms with Gasteiger partial charge in [-0.05, 0) is 61.1 Å². The lowest BCUT2D eigenvalue weighted by Gasteiger charge is -2.16. The molecule has 1 fully saturated rings. The molecule has 1 atom stereocenters. The predicted octanol–water partition coefficient (Wildman–Crippen LogP) is 2.73. The summed E-state index contributed by atoms with van der Waals surface area (Å²) in [6.07, 6.45) is 10.2. The summed E-state index contributed by atoms with van der Waals surface area (Å²) in [5, 5.41) is 2.51. The highest BCUT2D eigenvalue weighted by molar-refractivity contribution is 5.37. The zero-order chi connectivity index (χ0) is 15.6. The zero-order valence-corrected chi connectivity index (χ0v) is 13.8. The third-order valence-electron chi connectivity index (χ3n) is 5.11. The van der Waals surface area contributed by atoms with Gasteiger partial charge in [-0.25, -0.2) is 0 Å². The van der Waals surface area contributed by atoms with E-state index in [2.05, 4.69) is 65.5 Å². The Hall–Kier alpha value is -1.93. The summed E-state index contributed by atoms with van der Waals surface area (Å²) in [4.78, 5) is 7.25. The van der Waals surface area contributed by atoms with Crippen molar-refractivity contribution in [2.24, 2.45) is 0 Å². The van der Waals surface area contributed by atoms with Gasteiger partial charge in [0.15, 0.2) is 0 Å². The van der Waals surface area contributed by atoms with E-state index in [-0.39, 0.29) is 0 Å². The molecule has 2 nitrogen and oxygen atoms in total. The van der Waals surface area contributed by atoms with Crippen molar-refractivity contribution in [2.45, 2.75) is 38.6 Å². The normalized spacial score (nSPS) is 20.7. The summed E-state index contributed by atoms with van der Waals surface area (Å²) in [6, 6.07) is 11.3. The zero-order valence-electron chi connectivity index (χ0n) is 13.8. The number of aryl methyl sites for hydroxylation is 1. The molecule has 2 heteroatoms. The van der Waals surface area contributed by atoms with Crippen molar-refractivity contribution in [3.05, 3.63) is 63.8 Å². The molecule has 1 aliphatic heterocycles. The molecule has 0 radical (unpaired) electrons. The second-order valence-corrected chi connectivity index (χ2v) is 6.94. The molecule has 4 rings (SSSR count). The van der Waals surface area contributed by atoms with Crippen LogP contribution in [0.5, 0.6) is 0 Å². The standard InChI is InChI=1S/C21H24N2/c1-16-6-8-17(9-7-16)14-23-11-10-19(15-23)20-12-18-4-2-3-5-21(18)22-13-20/h4-9,12-13,19H,2-3,10-11,14-15H2,1H3. The molecule has 0 amide bonds. The minimum atomic E-state index is 0.633. The van der Waals surface area contributed by atoms with Crippen LogP contribution in [0, 0.1) is 6.92 Å². The minimum absolute atomic E-state index is 0.633. The molecule has 2 aromatic rings. The number of hydrogen-bond donors (Lipinski definition) is 0. The van der Waals surface area contributed by atoms with Crippen molar-refractivity contribution in [1.29, 1.82) is 0 Å². The minimum Gasteiger partial charge on any atom is -0.298 e. The lowest BCUT2D eigenvalue weighted by atomic mass is 9.98. The van der Waals surface area contributed by atoms with Crippen LogP contribution in [0.3, 0.4) is 0 Å². The summed E-state index contributed by atoms with van der Waals surface area (Å²) in [6.45, 7) is 5.55. The maximum absolute atomic E-state index is 4.68. The highest BCUT2D eigenvalue weighted by Crippen LogP contribution is 2.27. The summed E-state index contributed by atoms with van der Waals surface area (Å²) in [5.41, 5.74) is 4.17.